The van der Waals surface area contributed by atoms with Crippen LogP contribution in [0.25, 0.3) is 0 Å². The summed E-state index contributed by atoms with van der Waals surface area (Å²) >= 11 is 3.32. The van der Waals surface area contributed by atoms with Gasteiger partial charge < -0.3 is 20.3 Å². The molecule has 0 unspecified atom stereocenters. The van der Waals surface area contributed by atoms with Crippen molar-refractivity contribution in [3.8, 4) is 0 Å². The molecule has 0 saturated carbocycles. The smallest absolute Gasteiger partial charge is 0.325 e. The van der Waals surface area contributed by atoms with Crippen LogP contribution in [0.4, 0.5) is 10.5 Å². The van der Waals surface area contributed by atoms with E-state index >= 15 is 0 Å². The van der Waals surface area contributed by atoms with E-state index in [1.54, 1.807) is 38.1 Å². The van der Waals surface area contributed by atoms with Gasteiger partial charge in [-0.25, -0.2) is 4.79 Å². The average Bonchev–Trinajstić information content (AvgIpc) is 2.82. The lowest BCUT2D eigenvalue weighted by Gasteiger charge is -2.17. The van der Waals surface area contributed by atoms with E-state index in [1.165, 1.54) is 4.90 Å². The molecule has 24 heavy (non-hydrogen) atoms. The van der Waals surface area contributed by atoms with Gasteiger partial charge in [-0.1, -0.05) is 15.9 Å². The van der Waals surface area contributed by atoms with E-state index in [-0.39, 0.29) is 18.6 Å². The zero-order valence-electron chi connectivity index (χ0n) is 13.5. The highest BCUT2D eigenvalue weighted by molar-refractivity contribution is 9.10. The topological polar surface area (TPSA) is 87.7 Å². The molecule has 130 valence electrons. The molecule has 0 spiro atoms. The molecule has 2 N–H and O–H groups in total. The maximum atomic E-state index is 12.2. The quantitative estimate of drug-likeness (QED) is 0.744. The minimum absolute atomic E-state index is 0.0937. The fraction of sp³-hybridized carbons (Fsp3) is 0.438. The van der Waals surface area contributed by atoms with Crippen molar-refractivity contribution in [2.75, 3.05) is 18.4 Å². The molecule has 0 radical (unpaired) electrons. The largest absolute Gasteiger partial charge is 0.462 e. The number of hydrogen-bond donors (Lipinski definition) is 2. The first-order valence-corrected chi connectivity index (χ1v) is 8.46. The molecule has 1 saturated heterocycles. The summed E-state index contributed by atoms with van der Waals surface area (Å²) in [6.45, 7) is 3.82. The van der Waals surface area contributed by atoms with Gasteiger partial charge in [0.05, 0.1) is 6.10 Å². The standard InChI is InChI=1S/C16H20BrN3O4/c1-10(2)24-14(21)9-20-8-7-13(15(20)22)19-16(23)18-12-5-3-11(17)4-6-12/h3-6,10,13H,7-9H2,1-2H3,(H2,18,19,23)/t13-/m0/s1. The number of nitrogens with zero attached hydrogens (tertiary/aromatic N) is 1. The maximum Gasteiger partial charge on any atom is 0.325 e. The number of benzene rings is 1. The van der Waals surface area contributed by atoms with Gasteiger partial charge in [0, 0.05) is 16.7 Å². The number of halogens is 1. The molecule has 0 bridgehead atoms. The SMILES string of the molecule is CC(C)OC(=O)CN1CC[C@H](NC(=O)Nc2ccc(Br)cc2)C1=O. The van der Waals surface area contributed by atoms with Crippen molar-refractivity contribution in [1.82, 2.24) is 10.2 Å². The molecule has 3 amide bonds. The van der Waals surface area contributed by atoms with E-state index in [1.807, 2.05) is 0 Å². The van der Waals surface area contributed by atoms with Gasteiger partial charge in [0.1, 0.15) is 12.6 Å². The van der Waals surface area contributed by atoms with Crippen molar-refractivity contribution in [2.24, 2.45) is 0 Å². The van der Waals surface area contributed by atoms with Crippen LogP contribution in [0.5, 0.6) is 0 Å². The van der Waals surface area contributed by atoms with E-state index in [9.17, 15) is 14.4 Å². The fourth-order valence-corrected chi connectivity index (χ4v) is 2.61. The van der Waals surface area contributed by atoms with Gasteiger partial charge in [-0.05, 0) is 44.5 Å². The number of urea groups is 1. The van der Waals surface area contributed by atoms with E-state index < -0.39 is 18.0 Å². The number of esters is 1. The molecule has 8 heteroatoms. The second-order valence-electron chi connectivity index (χ2n) is 5.75. The first kappa shape index (κ1) is 18.3. The van der Waals surface area contributed by atoms with Crippen molar-refractivity contribution in [3.05, 3.63) is 28.7 Å². The number of hydrogen-bond acceptors (Lipinski definition) is 4. The van der Waals surface area contributed by atoms with Crippen molar-refractivity contribution in [3.63, 3.8) is 0 Å². The Labute approximate surface area is 148 Å². The summed E-state index contributed by atoms with van der Waals surface area (Å²) in [5, 5.41) is 5.30. The Balaban J connectivity index is 1.83. The Morgan fingerprint density at radius 3 is 2.62 bits per heavy atom. The molecule has 1 heterocycles. The van der Waals surface area contributed by atoms with Crippen LogP contribution in [0.15, 0.2) is 28.7 Å². The number of carbonyl (C=O) groups is 3. The van der Waals surface area contributed by atoms with Crippen LogP contribution in [0, 0.1) is 0 Å². The molecule has 1 aromatic carbocycles. The van der Waals surface area contributed by atoms with Crippen LogP contribution in [0.2, 0.25) is 0 Å². The lowest BCUT2D eigenvalue weighted by Crippen LogP contribution is -2.44. The zero-order valence-corrected chi connectivity index (χ0v) is 15.1. The number of amides is 3. The number of nitrogens with one attached hydrogen (secondary N) is 2. The van der Waals surface area contributed by atoms with E-state index in [4.69, 9.17) is 4.74 Å². The van der Waals surface area contributed by atoms with E-state index in [2.05, 4.69) is 26.6 Å². The molecule has 7 nitrogen and oxygen atoms in total. The normalized spacial score (nSPS) is 17.1. The molecule has 0 aromatic heterocycles. The van der Waals surface area contributed by atoms with Crippen LogP contribution in [-0.4, -0.2) is 48.0 Å². The van der Waals surface area contributed by atoms with Crippen LogP contribution in [0.3, 0.4) is 0 Å². The third-order valence-corrected chi connectivity index (χ3v) is 3.92. The van der Waals surface area contributed by atoms with Gasteiger partial charge >= 0.3 is 12.0 Å². The van der Waals surface area contributed by atoms with Gasteiger partial charge in [-0.3, -0.25) is 9.59 Å². The van der Waals surface area contributed by atoms with Gasteiger partial charge in [0.15, 0.2) is 0 Å². The van der Waals surface area contributed by atoms with Gasteiger partial charge in [-0.2, -0.15) is 0 Å². The molecular weight excluding hydrogens is 378 g/mol. The van der Waals surface area contributed by atoms with E-state index in [0.29, 0.717) is 18.7 Å². The number of carbonyl (C=O) groups excluding carboxylic acids is 3. The summed E-state index contributed by atoms with van der Waals surface area (Å²) in [4.78, 5) is 37.2. The van der Waals surface area contributed by atoms with Crippen LogP contribution < -0.4 is 10.6 Å². The summed E-state index contributed by atoms with van der Waals surface area (Å²) in [6, 6.07) is 6.01. The molecule has 1 atom stereocenters. The number of likely N-dealkylation sites (tertiary alicyclic amines) is 1. The second kappa shape index (κ2) is 8.14. The van der Waals surface area contributed by atoms with Crippen molar-refractivity contribution in [1.29, 1.82) is 0 Å². The average molecular weight is 398 g/mol. The lowest BCUT2D eigenvalue weighted by atomic mass is 10.2. The molecule has 1 fully saturated rings. The Bertz CT molecular complexity index is 618. The highest BCUT2D eigenvalue weighted by atomic mass is 79.9. The predicted octanol–water partition coefficient (Wildman–Crippen LogP) is 2.12. The van der Waals surface area contributed by atoms with Crippen molar-refractivity contribution >= 4 is 39.5 Å². The fourth-order valence-electron chi connectivity index (χ4n) is 2.34. The van der Waals surface area contributed by atoms with Gasteiger partial charge in [0.25, 0.3) is 0 Å². The summed E-state index contributed by atoms with van der Waals surface area (Å²) in [5.74, 6) is -0.722. The molecular formula is C16H20BrN3O4. The summed E-state index contributed by atoms with van der Waals surface area (Å²) in [5.41, 5.74) is 0.624. The van der Waals surface area contributed by atoms with Crippen LogP contribution in [0.1, 0.15) is 20.3 Å². The number of anilines is 1. The van der Waals surface area contributed by atoms with Crippen molar-refractivity contribution in [2.45, 2.75) is 32.4 Å². The Morgan fingerprint density at radius 1 is 1.33 bits per heavy atom. The summed E-state index contributed by atoms with van der Waals surface area (Å²) in [6.07, 6.45) is 0.238. The monoisotopic (exact) mass is 397 g/mol. The third-order valence-electron chi connectivity index (χ3n) is 3.39. The molecule has 1 aliphatic heterocycles. The van der Waals surface area contributed by atoms with Crippen LogP contribution >= 0.6 is 15.9 Å². The Kier molecular flexibility index (Phi) is 6.19. The minimum Gasteiger partial charge on any atom is -0.462 e. The third kappa shape index (κ3) is 5.23. The Morgan fingerprint density at radius 2 is 2.00 bits per heavy atom. The second-order valence-corrected chi connectivity index (χ2v) is 6.66. The number of ether oxygens (including phenoxy) is 1. The molecule has 1 aliphatic rings. The summed E-state index contributed by atoms with van der Waals surface area (Å²) in [7, 11) is 0. The maximum absolute atomic E-state index is 12.2. The zero-order chi connectivity index (χ0) is 17.7. The molecule has 2 rings (SSSR count). The summed E-state index contributed by atoms with van der Waals surface area (Å²) < 4.78 is 5.93. The molecule has 1 aromatic rings. The predicted molar refractivity (Wildman–Crippen MR) is 92.5 cm³/mol. The first-order valence-electron chi connectivity index (χ1n) is 7.66. The lowest BCUT2D eigenvalue weighted by molar-refractivity contribution is -0.151. The van der Waals surface area contributed by atoms with Crippen molar-refractivity contribution < 1.29 is 19.1 Å². The molecule has 0 aliphatic carbocycles. The van der Waals surface area contributed by atoms with Crippen LogP contribution in [-0.2, 0) is 14.3 Å². The highest BCUT2D eigenvalue weighted by Gasteiger charge is 2.34. The Hall–Kier alpha value is -2.09. The first-order chi connectivity index (χ1) is 11.3. The minimum atomic E-state index is -0.632. The highest BCUT2D eigenvalue weighted by Crippen LogP contribution is 2.15. The van der Waals surface area contributed by atoms with Gasteiger partial charge in [0.2, 0.25) is 5.91 Å². The number of rotatable bonds is 5. The van der Waals surface area contributed by atoms with E-state index in [0.717, 1.165) is 4.47 Å². The van der Waals surface area contributed by atoms with Gasteiger partial charge in [-0.15, -0.1) is 0 Å².